The molecule has 0 aliphatic heterocycles. The second kappa shape index (κ2) is 4.42. The van der Waals surface area contributed by atoms with E-state index in [2.05, 4.69) is 6.07 Å². The van der Waals surface area contributed by atoms with Crippen LogP contribution in [0.5, 0.6) is 0 Å². The van der Waals surface area contributed by atoms with Crippen molar-refractivity contribution in [3.8, 4) is 6.07 Å². The van der Waals surface area contributed by atoms with Crippen LogP contribution < -0.4 is 0 Å². The fourth-order valence-electron chi connectivity index (χ4n) is 1.16. The van der Waals surface area contributed by atoms with Gasteiger partial charge in [-0.05, 0) is 12.5 Å². The summed E-state index contributed by atoms with van der Waals surface area (Å²) in [4.78, 5) is 10.3. The van der Waals surface area contributed by atoms with E-state index in [0.717, 1.165) is 17.4 Å². The minimum Gasteiger partial charge on any atom is -0.303 e. The first-order valence-electron chi connectivity index (χ1n) is 4.17. The molecule has 0 aliphatic carbocycles. The van der Waals surface area contributed by atoms with Crippen molar-refractivity contribution in [2.45, 2.75) is 19.3 Å². The number of benzene rings is 1. The maximum atomic E-state index is 10.3. The number of carbonyl (C=O) groups excluding carboxylic acids is 1. The predicted molar refractivity (Wildman–Crippen MR) is 50.2 cm³/mol. The lowest BCUT2D eigenvalue weighted by atomic mass is 9.97. The Labute approximate surface area is 77.8 Å². The van der Waals surface area contributed by atoms with E-state index in [-0.39, 0.29) is 12.3 Å². The molecule has 0 amide bonds. The minimum atomic E-state index is -0.293. The summed E-state index contributed by atoms with van der Waals surface area (Å²) in [5.41, 5.74) is 2.08. The molecule has 1 aromatic carbocycles. The number of nitriles is 1. The lowest BCUT2D eigenvalue weighted by Crippen LogP contribution is -1.96. The maximum absolute atomic E-state index is 10.3. The lowest BCUT2D eigenvalue weighted by Gasteiger charge is -2.04. The van der Waals surface area contributed by atoms with E-state index in [9.17, 15) is 4.79 Å². The van der Waals surface area contributed by atoms with Crippen LogP contribution in [0.15, 0.2) is 24.3 Å². The van der Waals surface area contributed by atoms with Crippen LogP contribution in [0.25, 0.3) is 0 Å². The highest BCUT2D eigenvalue weighted by atomic mass is 16.1. The molecule has 13 heavy (non-hydrogen) atoms. The number of hydrogen-bond donors (Lipinski definition) is 0. The highest BCUT2D eigenvalue weighted by Gasteiger charge is 2.08. The third-order valence-corrected chi connectivity index (χ3v) is 1.97. The Morgan fingerprint density at radius 1 is 1.46 bits per heavy atom. The predicted octanol–water partition coefficient (Wildman–Crippen LogP) is 2.19. The number of carbonyl (C=O) groups is 1. The molecule has 1 rings (SSSR count). The molecule has 0 N–H and O–H groups in total. The van der Waals surface area contributed by atoms with Gasteiger partial charge in [-0.3, -0.25) is 0 Å². The molecule has 0 spiro atoms. The van der Waals surface area contributed by atoms with Crippen molar-refractivity contribution in [1.29, 1.82) is 5.26 Å². The second-order valence-corrected chi connectivity index (χ2v) is 2.99. The Kier molecular flexibility index (Phi) is 3.22. The quantitative estimate of drug-likeness (QED) is 0.657. The van der Waals surface area contributed by atoms with E-state index in [1.54, 1.807) is 0 Å². The van der Waals surface area contributed by atoms with Gasteiger partial charge in [0, 0.05) is 6.42 Å². The van der Waals surface area contributed by atoms with Gasteiger partial charge in [-0.15, -0.1) is 0 Å². The molecule has 66 valence electrons. The number of rotatable bonds is 3. The summed E-state index contributed by atoms with van der Waals surface area (Å²) in [6.45, 7) is 1.99. The van der Waals surface area contributed by atoms with Gasteiger partial charge in [-0.2, -0.15) is 5.26 Å². The van der Waals surface area contributed by atoms with Crippen molar-refractivity contribution in [2.24, 2.45) is 0 Å². The lowest BCUT2D eigenvalue weighted by molar-refractivity contribution is -0.107. The Bertz CT molecular complexity index is 321. The van der Waals surface area contributed by atoms with Crippen LogP contribution in [0.3, 0.4) is 0 Å². The number of aryl methyl sites for hydroxylation is 1. The molecule has 0 aromatic heterocycles. The van der Waals surface area contributed by atoms with Gasteiger partial charge >= 0.3 is 0 Å². The van der Waals surface area contributed by atoms with Gasteiger partial charge in [0.2, 0.25) is 0 Å². The van der Waals surface area contributed by atoms with Crippen LogP contribution in [0.2, 0.25) is 0 Å². The van der Waals surface area contributed by atoms with Gasteiger partial charge in [0.05, 0.1) is 12.0 Å². The van der Waals surface area contributed by atoms with E-state index < -0.39 is 0 Å². The zero-order valence-electron chi connectivity index (χ0n) is 7.53. The first-order valence-corrected chi connectivity index (χ1v) is 4.17. The highest BCUT2D eigenvalue weighted by molar-refractivity contribution is 5.53. The number of nitrogens with zero attached hydrogens (tertiary/aromatic N) is 1. The van der Waals surface area contributed by atoms with Crippen LogP contribution in [-0.4, -0.2) is 6.29 Å². The monoisotopic (exact) mass is 173 g/mol. The molecule has 1 atom stereocenters. The van der Waals surface area contributed by atoms with Crippen LogP contribution in [0, 0.1) is 18.3 Å². The molecule has 0 saturated carbocycles. The molecular formula is C11H11NO. The Morgan fingerprint density at radius 2 is 2.08 bits per heavy atom. The molecule has 0 radical (unpaired) electrons. The van der Waals surface area contributed by atoms with Gasteiger partial charge in [0.25, 0.3) is 0 Å². The van der Waals surface area contributed by atoms with Gasteiger partial charge in [0.15, 0.2) is 0 Å². The Balaban J connectivity index is 2.87. The largest absolute Gasteiger partial charge is 0.303 e. The first kappa shape index (κ1) is 9.47. The zero-order valence-corrected chi connectivity index (χ0v) is 7.53. The van der Waals surface area contributed by atoms with E-state index >= 15 is 0 Å². The molecule has 0 heterocycles. The molecule has 2 heteroatoms. The van der Waals surface area contributed by atoms with Crippen molar-refractivity contribution < 1.29 is 4.79 Å². The first-order chi connectivity index (χ1) is 6.27. The average molecular weight is 173 g/mol. The molecule has 0 aliphatic rings. The molecular weight excluding hydrogens is 162 g/mol. The molecule has 0 bridgehead atoms. The maximum Gasteiger partial charge on any atom is 0.121 e. The minimum absolute atomic E-state index is 0.277. The molecule has 0 saturated heterocycles. The van der Waals surface area contributed by atoms with Crippen LogP contribution in [0.4, 0.5) is 0 Å². The van der Waals surface area contributed by atoms with Gasteiger partial charge in [-0.1, -0.05) is 29.8 Å². The van der Waals surface area contributed by atoms with Crippen molar-refractivity contribution in [2.75, 3.05) is 0 Å². The van der Waals surface area contributed by atoms with E-state index in [1.807, 2.05) is 31.2 Å². The van der Waals surface area contributed by atoms with Crippen LogP contribution >= 0.6 is 0 Å². The Morgan fingerprint density at radius 3 is 2.54 bits per heavy atom. The summed E-state index contributed by atoms with van der Waals surface area (Å²) >= 11 is 0. The summed E-state index contributed by atoms with van der Waals surface area (Å²) in [7, 11) is 0. The topological polar surface area (TPSA) is 40.9 Å². The summed E-state index contributed by atoms with van der Waals surface area (Å²) in [6.07, 6.45) is 1.06. The molecule has 2 nitrogen and oxygen atoms in total. The Hall–Kier alpha value is -1.62. The van der Waals surface area contributed by atoms with E-state index in [0.29, 0.717) is 0 Å². The zero-order chi connectivity index (χ0) is 9.68. The van der Waals surface area contributed by atoms with Crippen molar-refractivity contribution in [3.05, 3.63) is 35.4 Å². The fourth-order valence-corrected chi connectivity index (χ4v) is 1.16. The standard InChI is InChI=1S/C11H11NO/c1-9-2-4-10(5-3-9)11(8-12)6-7-13/h2-5,7,11H,6H2,1H3. The second-order valence-electron chi connectivity index (χ2n) is 2.99. The van der Waals surface area contributed by atoms with Crippen molar-refractivity contribution >= 4 is 6.29 Å². The van der Waals surface area contributed by atoms with Crippen LogP contribution in [-0.2, 0) is 4.79 Å². The third-order valence-electron chi connectivity index (χ3n) is 1.97. The summed E-state index contributed by atoms with van der Waals surface area (Å²) in [5.74, 6) is -0.293. The molecule has 0 fully saturated rings. The van der Waals surface area contributed by atoms with Crippen molar-refractivity contribution in [1.82, 2.24) is 0 Å². The van der Waals surface area contributed by atoms with E-state index in [1.165, 1.54) is 0 Å². The van der Waals surface area contributed by atoms with Gasteiger partial charge < -0.3 is 4.79 Å². The highest BCUT2D eigenvalue weighted by Crippen LogP contribution is 2.17. The van der Waals surface area contributed by atoms with E-state index in [4.69, 9.17) is 5.26 Å². The number of hydrogen-bond acceptors (Lipinski definition) is 2. The SMILES string of the molecule is Cc1ccc(C(C#N)CC=O)cc1. The summed E-state index contributed by atoms with van der Waals surface area (Å²) in [6, 6.07) is 9.80. The summed E-state index contributed by atoms with van der Waals surface area (Å²) in [5, 5.41) is 8.77. The third kappa shape index (κ3) is 2.41. The smallest absolute Gasteiger partial charge is 0.121 e. The van der Waals surface area contributed by atoms with Crippen LogP contribution in [0.1, 0.15) is 23.5 Å². The van der Waals surface area contributed by atoms with Gasteiger partial charge in [0.1, 0.15) is 6.29 Å². The average Bonchev–Trinajstić information content (AvgIpc) is 2.16. The fraction of sp³-hybridized carbons (Fsp3) is 0.273. The normalized spacial score (nSPS) is 11.7. The van der Waals surface area contributed by atoms with Crippen molar-refractivity contribution in [3.63, 3.8) is 0 Å². The molecule has 1 unspecified atom stereocenters. The number of aldehydes is 1. The summed E-state index contributed by atoms with van der Waals surface area (Å²) < 4.78 is 0. The van der Waals surface area contributed by atoms with Gasteiger partial charge in [-0.25, -0.2) is 0 Å². The molecule has 1 aromatic rings.